The van der Waals surface area contributed by atoms with Crippen LogP contribution in [0.25, 0.3) is 6.08 Å². The largest absolute Gasteiger partial charge is 0.348 e. The van der Waals surface area contributed by atoms with E-state index < -0.39 is 0 Å². The van der Waals surface area contributed by atoms with Crippen LogP contribution in [0, 0.1) is 0 Å². The van der Waals surface area contributed by atoms with E-state index in [0.29, 0.717) is 33.6 Å². The van der Waals surface area contributed by atoms with Crippen LogP contribution in [0.15, 0.2) is 107 Å². The molecule has 1 N–H and O–H groups in total. The molecule has 0 saturated carbocycles. The number of thioether (sulfide) groups is 1. The maximum atomic E-state index is 13.5. The summed E-state index contributed by atoms with van der Waals surface area (Å²) in [5, 5.41) is 4.15. The second-order valence-corrected chi connectivity index (χ2v) is 10.4. The molecule has 1 aliphatic heterocycles. The standard InChI is InChI=1S/C30H22Cl2N2O2S/c31-24-8-5-6-21(16-24)19-34-26-10-3-4-11-27(26)37-28(30(34)36)17-20-12-14-22(15-13-20)29(35)33-18-23-7-1-2-9-25(23)32/h1-17H,18-19H2,(H,33,35). The molecule has 184 valence electrons. The van der Waals surface area contributed by atoms with Crippen LogP contribution in [0.1, 0.15) is 27.0 Å². The topological polar surface area (TPSA) is 49.4 Å². The van der Waals surface area contributed by atoms with E-state index in [1.807, 2.05) is 84.9 Å². The average Bonchev–Trinajstić information content (AvgIpc) is 2.91. The van der Waals surface area contributed by atoms with Crippen molar-refractivity contribution in [1.82, 2.24) is 5.32 Å². The van der Waals surface area contributed by atoms with Gasteiger partial charge in [0.25, 0.3) is 11.8 Å². The van der Waals surface area contributed by atoms with Crippen LogP contribution in [-0.4, -0.2) is 11.8 Å². The third-order valence-corrected chi connectivity index (χ3v) is 7.61. The Hall–Kier alpha value is -3.51. The summed E-state index contributed by atoms with van der Waals surface area (Å²) in [5.74, 6) is -0.269. The quantitative estimate of drug-likeness (QED) is 0.254. The smallest absolute Gasteiger partial charge is 0.265 e. The van der Waals surface area contributed by atoms with Gasteiger partial charge in [0, 0.05) is 27.0 Å². The molecule has 4 nitrogen and oxygen atoms in total. The minimum Gasteiger partial charge on any atom is -0.348 e. The van der Waals surface area contributed by atoms with Crippen LogP contribution in [-0.2, 0) is 17.9 Å². The number of fused-ring (bicyclic) bond motifs is 1. The Labute approximate surface area is 229 Å². The molecule has 0 saturated heterocycles. The molecule has 4 aromatic carbocycles. The minimum absolute atomic E-state index is 0.0785. The molecule has 7 heteroatoms. The van der Waals surface area contributed by atoms with E-state index in [1.165, 1.54) is 11.8 Å². The summed E-state index contributed by atoms with van der Waals surface area (Å²) in [4.78, 5) is 29.5. The van der Waals surface area contributed by atoms with Gasteiger partial charge in [0.05, 0.1) is 17.1 Å². The lowest BCUT2D eigenvalue weighted by Crippen LogP contribution is -2.33. The van der Waals surface area contributed by atoms with Gasteiger partial charge in [-0.2, -0.15) is 0 Å². The zero-order chi connectivity index (χ0) is 25.8. The third kappa shape index (κ3) is 5.91. The lowest BCUT2D eigenvalue weighted by molar-refractivity contribution is -0.114. The van der Waals surface area contributed by atoms with Gasteiger partial charge in [0.2, 0.25) is 0 Å². The molecule has 0 aromatic heterocycles. The van der Waals surface area contributed by atoms with Crippen molar-refractivity contribution in [1.29, 1.82) is 0 Å². The molecule has 0 fully saturated rings. The van der Waals surface area contributed by atoms with Gasteiger partial charge < -0.3 is 10.2 Å². The number of amides is 2. The van der Waals surface area contributed by atoms with Gasteiger partial charge in [0.1, 0.15) is 0 Å². The Kier molecular flexibility index (Phi) is 7.65. The van der Waals surface area contributed by atoms with Gasteiger partial charge in [0.15, 0.2) is 0 Å². The first-order valence-corrected chi connectivity index (χ1v) is 13.2. The molecule has 1 heterocycles. The molecule has 0 aliphatic carbocycles. The summed E-state index contributed by atoms with van der Waals surface area (Å²) in [6.45, 7) is 0.760. The number of anilines is 1. The Morgan fingerprint density at radius 3 is 2.43 bits per heavy atom. The molecular formula is C30H22Cl2N2O2S. The SMILES string of the molecule is O=C(NCc1ccccc1Cl)c1ccc(C=C2Sc3ccccc3N(Cc3cccc(Cl)c3)C2=O)cc1. The molecule has 0 bridgehead atoms. The monoisotopic (exact) mass is 544 g/mol. The highest BCUT2D eigenvalue weighted by Crippen LogP contribution is 2.42. The number of hydrogen-bond donors (Lipinski definition) is 1. The van der Waals surface area contributed by atoms with Crippen LogP contribution in [0.3, 0.4) is 0 Å². The van der Waals surface area contributed by atoms with Gasteiger partial charge in [-0.3, -0.25) is 9.59 Å². The second kappa shape index (κ2) is 11.3. The lowest BCUT2D eigenvalue weighted by atomic mass is 10.1. The fourth-order valence-corrected chi connectivity index (χ4v) is 5.51. The van der Waals surface area contributed by atoms with Crippen LogP contribution in [0.4, 0.5) is 5.69 Å². The van der Waals surface area contributed by atoms with E-state index in [1.54, 1.807) is 23.1 Å². The molecular weight excluding hydrogens is 523 g/mol. The summed E-state index contributed by atoms with van der Waals surface area (Å²) in [7, 11) is 0. The number of rotatable bonds is 6. The maximum Gasteiger partial charge on any atom is 0.265 e. The molecule has 1 aliphatic rings. The molecule has 0 unspecified atom stereocenters. The summed E-state index contributed by atoms with van der Waals surface area (Å²) in [6, 6.07) is 30.0. The maximum absolute atomic E-state index is 13.5. The van der Waals surface area contributed by atoms with E-state index in [0.717, 1.165) is 27.3 Å². The average molecular weight is 545 g/mol. The predicted molar refractivity (Wildman–Crippen MR) is 152 cm³/mol. The van der Waals surface area contributed by atoms with Crippen LogP contribution in [0.5, 0.6) is 0 Å². The number of benzene rings is 4. The van der Waals surface area contributed by atoms with Crippen molar-refractivity contribution in [2.75, 3.05) is 4.90 Å². The fourth-order valence-electron chi connectivity index (χ4n) is 4.04. The van der Waals surface area contributed by atoms with Crippen LogP contribution >= 0.6 is 35.0 Å². The van der Waals surface area contributed by atoms with Crippen molar-refractivity contribution >= 4 is 58.5 Å². The van der Waals surface area contributed by atoms with Crippen LogP contribution < -0.4 is 10.2 Å². The molecule has 2 amide bonds. The van der Waals surface area contributed by atoms with Crippen molar-refractivity contribution in [3.8, 4) is 0 Å². The van der Waals surface area contributed by atoms with E-state index in [9.17, 15) is 9.59 Å². The van der Waals surface area contributed by atoms with E-state index >= 15 is 0 Å². The lowest BCUT2D eigenvalue weighted by Gasteiger charge is -2.30. The molecule has 0 radical (unpaired) electrons. The highest BCUT2D eigenvalue weighted by atomic mass is 35.5. The first-order chi connectivity index (χ1) is 18.0. The number of hydrogen-bond acceptors (Lipinski definition) is 3. The predicted octanol–water partition coefficient (Wildman–Crippen LogP) is 7.60. The second-order valence-electron chi connectivity index (χ2n) is 8.50. The Balaban J connectivity index is 1.34. The number of carbonyl (C=O) groups is 2. The summed E-state index contributed by atoms with van der Waals surface area (Å²) in [5.41, 5.74) is 4.05. The Bertz CT molecular complexity index is 1500. The van der Waals surface area contributed by atoms with Crippen LogP contribution in [0.2, 0.25) is 10.0 Å². The number of nitrogens with one attached hydrogen (secondary N) is 1. The van der Waals surface area contributed by atoms with Gasteiger partial charge >= 0.3 is 0 Å². The summed E-state index contributed by atoms with van der Waals surface area (Å²) >= 11 is 13.8. The molecule has 4 aromatic rings. The summed E-state index contributed by atoms with van der Waals surface area (Å²) in [6.07, 6.45) is 1.86. The first kappa shape index (κ1) is 25.2. The van der Waals surface area contributed by atoms with Gasteiger partial charge in [-0.1, -0.05) is 89.6 Å². The molecule has 0 atom stereocenters. The van der Waals surface area contributed by atoms with Crippen molar-refractivity contribution in [2.45, 2.75) is 18.0 Å². The van der Waals surface area contributed by atoms with Crippen molar-refractivity contribution in [3.05, 3.63) is 134 Å². The first-order valence-electron chi connectivity index (χ1n) is 11.6. The number of para-hydroxylation sites is 1. The van der Waals surface area contributed by atoms with Crippen molar-refractivity contribution < 1.29 is 9.59 Å². The Morgan fingerprint density at radius 1 is 0.892 bits per heavy atom. The number of nitrogens with zero attached hydrogens (tertiary/aromatic N) is 1. The minimum atomic E-state index is -0.191. The van der Waals surface area contributed by atoms with Crippen molar-refractivity contribution in [3.63, 3.8) is 0 Å². The summed E-state index contributed by atoms with van der Waals surface area (Å²) < 4.78 is 0. The molecule has 37 heavy (non-hydrogen) atoms. The zero-order valence-corrected chi connectivity index (χ0v) is 22.0. The zero-order valence-electron chi connectivity index (χ0n) is 19.7. The normalized spacial score (nSPS) is 13.9. The van der Waals surface area contributed by atoms with E-state index in [2.05, 4.69) is 5.32 Å². The number of halogens is 2. The number of carbonyl (C=O) groups excluding carboxylic acids is 2. The fraction of sp³-hybridized carbons (Fsp3) is 0.0667. The molecule has 5 rings (SSSR count). The van der Waals surface area contributed by atoms with Gasteiger partial charge in [-0.15, -0.1) is 0 Å². The third-order valence-electron chi connectivity index (χ3n) is 5.93. The van der Waals surface area contributed by atoms with E-state index in [-0.39, 0.29) is 11.8 Å². The van der Waals surface area contributed by atoms with Crippen molar-refractivity contribution in [2.24, 2.45) is 0 Å². The van der Waals surface area contributed by atoms with E-state index in [4.69, 9.17) is 23.2 Å². The van der Waals surface area contributed by atoms with Gasteiger partial charge in [-0.25, -0.2) is 0 Å². The van der Waals surface area contributed by atoms with Gasteiger partial charge in [-0.05, 0) is 65.2 Å². The molecule has 0 spiro atoms. The Morgan fingerprint density at radius 2 is 1.65 bits per heavy atom. The highest BCUT2D eigenvalue weighted by molar-refractivity contribution is 8.04. The highest BCUT2D eigenvalue weighted by Gasteiger charge is 2.29.